The molecular formula is C20H27FN6O2. The molecule has 0 radical (unpaired) electrons. The molecule has 1 saturated heterocycles. The quantitative estimate of drug-likeness (QED) is 0.629. The van der Waals surface area contributed by atoms with Gasteiger partial charge in [-0.25, -0.2) is 18.9 Å². The number of aromatic nitrogens is 2. The first-order valence-electron chi connectivity index (χ1n) is 9.54. The van der Waals surface area contributed by atoms with Crippen LogP contribution in [0, 0.1) is 5.82 Å². The Morgan fingerprint density at radius 1 is 1.14 bits per heavy atom. The first-order chi connectivity index (χ1) is 13.7. The van der Waals surface area contributed by atoms with E-state index in [-0.39, 0.29) is 11.9 Å². The Morgan fingerprint density at radius 3 is 2.38 bits per heavy atom. The summed E-state index contributed by atoms with van der Waals surface area (Å²) in [5.41, 5.74) is 7.14. The highest BCUT2D eigenvalue weighted by Gasteiger charge is 2.26. The summed E-state index contributed by atoms with van der Waals surface area (Å²) >= 11 is 0. The van der Waals surface area contributed by atoms with Crippen molar-refractivity contribution >= 4 is 12.1 Å². The average Bonchev–Trinajstić information content (AvgIpc) is 3.14. The van der Waals surface area contributed by atoms with Gasteiger partial charge in [-0.2, -0.15) is 5.10 Å². The number of amides is 1. The number of rotatable bonds is 3. The van der Waals surface area contributed by atoms with Crippen molar-refractivity contribution in [1.29, 1.82) is 0 Å². The standard InChI is InChI=1S/C20H27FN6O2/c1-20(2,3)29-19(28)26-12-10-25(11-13-26)18(22)23-14-16-8-9-27(24-16)17-6-4-15(21)5-7-17/h4-9H,10-14H2,1-3H3,(H2,22,23). The zero-order valence-corrected chi connectivity index (χ0v) is 17.0. The Kier molecular flexibility index (Phi) is 6.05. The van der Waals surface area contributed by atoms with Gasteiger partial charge >= 0.3 is 6.09 Å². The molecule has 0 bridgehead atoms. The van der Waals surface area contributed by atoms with Crippen LogP contribution in [-0.2, 0) is 11.3 Å². The summed E-state index contributed by atoms with van der Waals surface area (Å²) in [6.45, 7) is 8.15. The third kappa shape index (κ3) is 5.69. The van der Waals surface area contributed by atoms with E-state index in [4.69, 9.17) is 10.5 Å². The first-order valence-corrected chi connectivity index (χ1v) is 9.54. The minimum absolute atomic E-state index is 0.287. The molecular weight excluding hydrogens is 375 g/mol. The molecule has 0 spiro atoms. The number of nitrogens with two attached hydrogens (primary N) is 1. The van der Waals surface area contributed by atoms with Crippen molar-refractivity contribution in [3.8, 4) is 5.69 Å². The van der Waals surface area contributed by atoms with Crippen LogP contribution in [0.2, 0.25) is 0 Å². The van der Waals surface area contributed by atoms with Crippen molar-refractivity contribution in [1.82, 2.24) is 19.6 Å². The predicted octanol–water partition coefficient (Wildman–Crippen LogP) is 2.38. The number of piperazine rings is 1. The van der Waals surface area contributed by atoms with Gasteiger partial charge in [0.2, 0.25) is 0 Å². The second-order valence-corrected chi connectivity index (χ2v) is 7.86. The minimum Gasteiger partial charge on any atom is -0.444 e. The van der Waals surface area contributed by atoms with Gasteiger partial charge in [0.1, 0.15) is 11.4 Å². The van der Waals surface area contributed by atoms with Gasteiger partial charge in [-0.3, -0.25) is 0 Å². The maximum atomic E-state index is 13.0. The number of benzene rings is 1. The molecule has 0 atom stereocenters. The van der Waals surface area contributed by atoms with Crippen LogP contribution < -0.4 is 5.73 Å². The lowest BCUT2D eigenvalue weighted by atomic mass is 10.2. The fourth-order valence-corrected chi connectivity index (χ4v) is 2.89. The molecule has 1 aromatic heterocycles. The van der Waals surface area contributed by atoms with Crippen molar-refractivity contribution in [3.63, 3.8) is 0 Å². The van der Waals surface area contributed by atoms with E-state index >= 15 is 0 Å². The van der Waals surface area contributed by atoms with Gasteiger partial charge in [-0.05, 0) is 51.1 Å². The van der Waals surface area contributed by atoms with Gasteiger partial charge in [-0.1, -0.05) is 0 Å². The van der Waals surface area contributed by atoms with Crippen LogP contribution in [0.1, 0.15) is 26.5 Å². The SMILES string of the molecule is CC(C)(C)OC(=O)N1CCN(C(N)=NCc2ccn(-c3ccc(F)cc3)n2)CC1. The third-order valence-electron chi connectivity index (χ3n) is 4.39. The van der Waals surface area contributed by atoms with Crippen LogP contribution in [0.4, 0.5) is 9.18 Å². The van der Waals surface area contributed by atoms with Gasteiger partial charge in [0.05, 0.1) is 17.9 Å². The maximum Gasteiger partial charge on any atom is 0.410 e. The van der Waals surface area contributed by atoms with Gasteiger partial charge in [0.25, 0.3) is 0 Å². The fourth-order valence-electron chi connectivity index (χ4n) is 2.89. The van der Waals surface area contributed by atoms with Crippen molar-refractivity contribution in [3.05, 3.63) is 48.0 Å². The molecule has 9 heteroatoms. The van der Waals surface area contributed by atoms with Crippen LogP contribution in [0.15, 0.2) is 41.5 Å². The van der Waals surface area contributed by atoms with Gasteiger partial charge in [0.15, 0.2) is 5.96 Å². The molecule has 8 nitrogen and oxygen atoms in total. The summed E-state index contributed by atoms with van der Waals surface area (Å²) in [6, 6.07) is 7.95. The monoisotopic (exact) mass is 402 g/mol. The number of aliphatic imine (C=N–C) groups is 1. The molecule has 2 N–H and O–H groups in total. The zero-order chi connectivity index (χ0) is 21.0. The molecule has 2 heterocycles. The third-order valence-corrected chi connectivity index (χ3v) is 4.39. The molecule has 1 fully saturated rings. The minimum atomic E-state index is -0.508. The molecule has 156 valence electrons. The topological polar surface area (TPSA) is 89.0 Å². The molecule has 2 aromatic rings. The predicted molar refractivity (Wildman–Crippen MR) is 108 cm³/mol. The van der Waals surface area contributed by atoms with Crippen LogP contribution in [0.5, 0.6) is 0 Å². The number of ether oxygens (including phenoxy) is 1. The van der Waals surface area contributed by atoms with Crippen molar-refractivity contribution in [2.45, 2.75) is 32.9 Å². The van der Waals surface area contributed by atoms with Crippen LogP contribution >= 0.6 is 0 Å². The highest BCUT2D eigenvalue weighted by Crippen LogP contribution is 2.12. The van der Waals surface area contributed by atoms with Gasteiger partial charge < -0.3 is 20.3 Å². The lowest BCUT2D eigenvalue weighted by Crippen LogP contribution is -2.53. The number of carbonyl (C=O) groups is 1. The largest absolute Gasteiger partial charge is 0.444 e. The number of guanidine groups is 1. The number of nitrogens with zero attached hydrogens (tertiary/aromatic N) is 5. The Morgan fingerprint density at radius 2 is 1.76 bits per heavy atom. The van der Waals surface area contributed by atoms with Crippen molar-refractivity contribution < 1.29 is 13.9 Å². The Labute approximate surface area is 169 Å². The van der Waals surface area contributed by atoms with Crippen LogP contribution in [-0.4, -0.2) is 63.4 Å². The van der Waals surface area contributed by atoms with E-state index in [1.165, 1.54) is 12.1 Å². The average molecular weight is 402 g/mol. The number of hydrogen-bond acceptors (Lipinski definition) is 4. The van der Waals surface area contributed by atoms with E-state index in [1.54, 1.807) is 27.9 Å². The van der Waals surface area contributed by atoms with Crippen molar-refractivity contribution in [2.75, 3.05) is 26.2 Å². The van der Waals surface area contributed by atoms with Gasteiger partial charge in [0, 0.05) is 32.4 Å². The molecule has 1 amide bonds. The van der Waals surface area contributed by atoms with E-state index in [0.29, 0.717) is 38.7 Å². The number of halogens is 1. The Hall–Kier alpha value is -3.10. The number of hydrogen-bond donors (Lipinski definition) is 1. The summed E-state index contributed by atoms with van der Waals surface area (Å²) in [4.78, 5) is 20.2. The molecule has 1 aliphatic heterocycles. The Balaban J connectivity index is 1.52. The summed E-state index contributed by atoms with van der Waals surface area (Å²) in [5, 5.41) is 4.44. The number of carbonyl (C=O) groups excluding carboxylic acids is 1. The highest BCUT2D eigenvalue weighted by molar-refractivity contribution is 5.78. The smallest absolute Gasteiger partial charge is 0.410 e. The van der Waals surface area contributed by atoms with Crippen LogP contribution in [0.25, 0.3) is 5.69 Å². The molecule has 3 rings (SSSR count). The normalized spacial score (nSPS) is 15.5. The maximum absolute atomic E-state index is 13.0. The van der Waals surface area contributed by atoms with E-state index in [2.05, 4.69) is 10.1 Å². The zero-order valence-electron chi connectivity index (χ0n) is 17.0. The lowest BCUT2D eigenvalue weighted by molar-refractivity contribution is 0.0186. The van der Waals surface area contributed by atoms with E-state index in [1.807, 2.05) is 31.7 Å². The second kappa shape index (κ2) is 8.50. The molecule has 1 aliphatic rings. The molecule has 29 heavy (non-hydrogen) atoms. The molecule has 0 aliphatic carbocycles. The summed E-state index contributed by atoms with van der Waals surface area (Å²) in [7, 11) is 0. The Bertz CT molecular complexity index is 864. The summed E-state index contributed by atoms with van der Waals surface area (Å²) in [5.74, 6) is 0.135. The highest BCUT2D eigenvalue weighted by atomic mass is 19.1. The van der Waals surface area contributed by atoms with E-state index in [9.17, 15) is 9.18 Å². The van der Waals surface area contributed by atoms with Crippen LogP contribution in [0.3, 0.4) is 0 Å². The lowest BCUT2D eigenvalue weighted by Gasteiger charge is -2.36. The second-order valence-electron chi connectivity index (χ2n) is 7.86. The molecule has 0 saturated carbocycles. The summed E-state index contributed by atoms with van der Waals surface area (Å²) in [6.07, 6.45) is 1.49. The van der Waals surface area contributed by atoms with Gasteiger partial charge in [-0.15, -0.1) is 0 Å². The fraction of sp³-hybridized carbons (Fsp3) is 0.450. The summed E-state index contributed by atoms with van der Waals surface area (Å²) < 4.78 is 20.1. The molecule has 1 aromatic carbocycles. The molecule has 0 unspecified atom stereocenters. The van der Waals surface area contributed by atoms with E-state index < -0.39 is 5.60 Å². The van der Waals surface area contributed by atoms with E-state index in [0.717, 1.165) is 11.4 Å². The first kappa shape index (κ1) is 20.6. The van der Waals surface area contributed by atoms with Crippen molar-refractivity contribution in [2.24, 2.45) is 10.7 Å².